The number of guanidine groups is 1. The zero-order valence-corrected chi connectivity index (χ0v) is 16.7. The molecular formula is C19H16F3N5O2S. The van der Waals surface area contributed by atoms with Gasteiger partial charge >= 0.3 is 0 Å². The van der Waals surface area contributed by atoms with Gasteiger partial charge in [0, 0.05) is 18.8 Å². The van der Waals surface area contributed by atoms with Gasteiger partial charge in [0.25, 0.3) is 0 Å². The number of halogens is 3. The maximum atomic E-state index is 14.6. The molecule has 1 aliphatic heterocycles. The molecule has 1 atom stereocenters. The molecule has 30 heavy (non-hydrogen) atoms. The number of hydrogen-bond donors (Lipinski definition) is 1. The van der Waals surface area contributed by atoms with E-state index >= 15 is 0 Å². The summed E-state index contributed by atoms with van der Waals surface area (Å²) in [5, 5.41) is 0. The average Bonchev–Trinajstić information content (AvgIpc) is 2.67. The highest BCUT2D eigenvalue weighted by Crippen LogP contribution is 2.34. The quantitative estimate of drug-likeness (QED) is 0.750. The lowest BCUT2D eigenvalue weighted by atomic mass is 9.92. The Hall–Kier alpha value is -3.39. The number of aromatic nitrogens is 1. The van der Waals surface area contributed by atoms with Gasteiger partial charge in [-0.3, -0.25) is 4.98 Å². The summed E-state index contributed by atoms with van der Waals surface area (Å²) in [6.07, 6.45) is 1.89. The maximum Gasteiger partial charge on any atom is 0.239 e. The van der Waals surface area contributed by atoms with E-state index in [4.69, 9.17) is 12.3 Å². The number of benzene rings is 1. The monoisotopic (exact) mass is 435 g/mol. The summed E-state index contributed by atoms with van der Waals surface area (Å²) in [7, 11) is -2.59. The molecular weight excluding hydrogens is 419 g/mol. The van der Waals surface area contributed by atoms with Crippen LogP contribution >= 0.6 is 0 Å². The van der Waals surface area contributed by atoms with Gasteiger partial charge in [0.05, 0.1) is 18.0 Å². The van der Waals surface area contributed by atoms with E-state index < -0.39 is 38.8 Å². The van der Waals surface area contributed by atoms with Gasteiger partial charge in [-0.05, 0) is 36.8 Å². The van der Waals surface area contributed by atoms with E-state index in [9.17, 15) is 21.6 Å². The van der Waals surface area contributed by atoms with Crippen LogP contribution in [0.1, 0.15) is 23.7 Å². The summed E-state index contributed by atoms with van der Waals surface area (Å²) in [5.74, 6) is -3.42. The zero-order valence-electron chi connectivity index (χ0n) is 15.9. The van der Waals surface area contributed by atoms with Crippen LogP contribution in [0.3, 0.4) is 0 Å². The van der Waals surface area contributed by atoms with E-state index in [1.165, 1.54) is 26.1 Å². The van der Waals surface area contributed by atoms with Crippen LogP contribution in [0.5, 0.6) is 0 Å². The minimum atomic E-state index is -3.83. The van der Waals surface area contributed by atoms with Crippen LogP contribution in [-0.4, -0.2) is 36.5 Å². The third kappa shape index (κ3) is 3.86. The third-order valence-corrected chi connectivity index (χ3v) is 6.58. The van der Waals surface area contributed by atoms with E-state index in [1.807, 2.05) is 0 Å². The molecule has 0 aliphatic carbocycles. The predicted octanol–water partition coefficient (Wildman–Crippen LogP) is 3.18. The number of pyridine rings is 1. The molecule has 11 heteroatoms. The fourth-order valence-corrected chi connectivity index (χ4v) is 4.44. The molecule has 1 aliphatic rings. The minimum Gasteiger partial charge on any atom is -0.369 e. The van der Waals surface area contributed by atoms with Crippen molar-refractivity contribution in [1.82, 2.24) is 9.29 Å². The lowest BCUT2D eigenvalue weighted by Crippen LogP contribution is -2.50. The molecule has 1 aromatic heterocycles. The van der Waals surface area contributed by atoms with E-state index in [2.05, 4.69) is 14.8 Å². The highest BCUT2D eigenvalue weighted by Gasteiger charge is 2.41. The Morgan fingerprint density at radius 2 is 2.03 bits per heavy atom. The average molecular weight is 435 g/mol. The van der Waals surface area contributed by atoms with Gasteiger partial charge in [-0.15, -0.1) is 0 Å². The molecule has 0 fully saturated rings. The largest absolute Gasteiger partial charge is 0.369 e. The van der Waals surface area contributed by atoms with Crippen molar-refractivity contribution < 1.29 is 21.6 Å². The zero-order chi connectivity index (χ0) is 22.3. The maximum absolute atomic E-state index is 14.6. The van der Waals surface area contributed by atoms with Gasteiger partial charge in [-0.25, -0.2) is 35.7 Å². The minimum absolute atomic E-state index is 0.0915. The van der Waals surface area contributed by atoms with Gasteiger partial charge < -0.3 is 5.73 Å². The van der Waals surface area contributed by atoms with Crippen molar-refractivity contribution in [3.8, 4) is 0 Å². The van der Waals surface area contributed by atoms with E-state index in [-0.39, 0.29) is 28.5 Å². The Kier molecular flexibility index (Phi) is 5.30. The molecule has 1 aromatic carbocycles. The predicted molar refractivity (Wildman–Crippen MR) is 106 cm³/mol. The second kappa shape index (κ2) is 7.46. The third-order valence-electron chi connectivity index (χ3n) is 4.63. The molecule has 0 unspecified atom stereocenters. The molecule has 156 valence electrons. The Labute approximate surface area is 171 Å². The van der Waals surface area contributed by atoms with Gasteiger partial charge in [0.2, 0.25) is 21.7 Å². The van der Waals surface area contributed by atoms with Crippen molar-refractivity contribution in [1.29, 1.82) is 0 Å². The van der Waals surface area contributed by atoms with Gasteiger partial charge in [0.15, 0.2) is 0 Å². The Morgan fingerprint density at radius 3 is 2.63 bits per heavy atom. The summed E-state index contributed by atoms with van der Waals surface area (Å²) >= 11 is 0. The Morgan fingerprint density at radius 1 is 1.33 bits per heavy atom. The molecule has 0 bridgehead atoms. The fraction of sp³-hybridized carbons (Fsp3) is 0.211. The van der Waals surface area contributed by atoms with Crippen LogP contribution in [0.15, 0.2) is 35.5 Å². The van der Waals surface area contributed by atoms with Crippen LogP contribution in [0.2, 0.25) is 0 Å². The summed E-state index contributed by atoms with van der Waals surface area (Å²) < 4.78 is 68.3. The molecule has 2 aromatic rings. The van der Waals surface area contributed by atoms with Crippen LogP contribution in [-0.2, 0) is 15.6 Å². The second-order valence-electron chi connectivity index (χ2n) is 6.83. The summed E-state index contributed by atoms with van der Waals surface area (Å²) in [4.78, 5) is 10.7. The summed E-state index contributed by atoms with van der Waals surface area (Å²) in [6, 6.07) is 4.34. The van der Waals surface area contributed by atoms with Crippen molar-refractivity contribution in [2.75, 3.05) is 12.8 Å². The Bertz CT molecular complexity index is 1240. The normalized spacial score (nSPS) is 21.1. The molecule has 7 nitrogen and oxygen atoms in total. The van der Waals surface area contributed by atoms with Crippen LogP contribution in [0.25, 0.3) is 16.7 Å². The fourth-order valence-electron chi connectivity index (χ4n) is 2.99. The molecule has 3 rings (SSSR count). The number of rotatable bonds is 3. The number of nitrogens with two attached hydrogens (primary N) is 1. The lowest BCUT2D eigenvalue weighted by molar-refractivity contribution is 0.458. The van der Waals surface area contributed by atoms with Gasteiger partial charge in [-0.1, -0.05) is 6.07 Å². The molecule has 0 saturated heterocycles. The number of nitrogens with zero attached hydrogens (tertiary/aromatic N) is 4. The van der Waals surface area contributed by atoms with Crippen molar-refractivity contribution in [3.05, 3.63) is 70.3 Å². The first-order valence-corrected chi connectivity index (χ1v) is 10.1. The standard InChI is InChI=1S/C19H16F3N5O2S/c1-19(10-30(28,29)27(3)18(23)26-19)12-6-11(4-5-13(12)20)7-14(21)16-8-15(22)17(24-2)9-25-16/h4-9H,10H2,1,3H3,(H2,23,26)/b14-7-/t19-/m0/s1. The number of aliphatic imine (C=N–C) groups is 1. The van der Waals surface area contributed by atoms with E-state index in [0.29, 0.717) is 0 Å². The highest BCUT2D eigenvalue weighted by molar-refractivity contribution is 7.89. The van der Waals surface area contributed by atoms with Crippen molar-refractivity contribution in [3.63, 3.8) is 0 Å². The lowest BCUT2D eigenvalue weighted by Gasteiger charge is -2.34. The first-order valence-electron chi connectivity index (χ1n) is 8.49. The molecule has 0 spiro atoms. The smallest absolute Gasteiger partial charge is 0.239 e. The SMILES string of the molecule is [C-]#[N+]c1cnc(/C(F)=C/c2ccc(F)c([C@]3(C)CS(=O)(=O)N(C)C(N)=N3)c2)cc1F. The molecule has 0 saturated carbocycles. The van der Waals surface area contributed by atoms with Gasteiger partial charge in [0.1, 0.15) is 23.0 Å². The van der Waals surface area contributed by atoms with Crippen molar-refractivity contribution in [2.45, 2.75) is 12.5 Å². The Balaban J connectivity index is 2.05. The first-order chi connectivity index (χ1) is 14.0. The van der Waals surface area contributed by atoms with E-state index in [0.717, 1.165) is 28.7 Å². The molecule has 0 radical (unpaired) electrons. The molecule has 0 amide bonds. The molecule has 2 heterocycles. The van der Waals surface area contributed by atoms with Gasteiger partial charge in [-0.2, -0.15) is 0 Å². The number of hydrogen-bond acceptors (Lipinski definition) is 5. The van der Waals surface area contributed by atoms with Crippen LogP contribution in [0.4, 0.5) is 18.9 Å². The first kappa shape index (κ1) is 21.3. The van der Waals surface area contributed by atoms with Crippen LogP contribution < -0.4 is 5.73 Å². The molecule has 2 N–H and O–H groups in total. The summed E-state index contributed by atoms with van der Waals surface area (Å²) in [5.41, 5.74) is 3.55. The van der Waals surface area contributed by atoms with Crippen molar-refractivity contribution in [2.24, 2.45) is 10.7 Å². The highest BCUT2D eigenvalue weighted by atomic mass is 32.2. The summed E-state index contributed by atoms with van der Waals surface area (Å²) in [6.45, 7) is 8.20. The van der Waals surface area contributed by atoms with E-state index in [1.54, 1.807) is 0 Å². The topological polar surface area (TPSA) is 93.0 Å². The second-order valence-corrected chi connectivity index (χ2v) is 8.83. The van der Waals surface area contributed by atoms with Crippen molar-refractivity contribution >= 4 is 33.6 Å². The number of sulfonamides is 1. The van der Waals surface area contributed by atoms with Crippen LogP contribution in [0, 0.1) is 18.2 Å².